The zero-order valence-electron chi connectivity index (χ0n) is 14.1. The number of nitrogens with one attached hydrogen (secondary N) is 2. The number of carbonyl (C=O) groups excluding carboxylic acids is 1. The molecule has 2 N–H and O–H groups in total. The Morgan fingerprint density at radius 1 is 1.12 bits per heavy atom. The molecule has 5 nitrogen and oxygen atoms in total. The van der Waals surface area contributed by atoms with Crippen molar-refractivity contribution in [2.75, 3.05) is 6.54 Å². The molecule has 0 spiro atoms. The quantitative estimate of drug-likeness (QED) is 0.793. The lowest BCUT2D eigenvalue weighted by molar-refractivity contribution is 0.0954. The number of rotatable bonds is 7. The van der Waals surface area contributed by atoms with Crippen LogP contribution in [0.1, 0.15) is 29.8 Å². The van der Waals surface area contributed by atoms with Gasteiger partial charge in [0.15, 0.2) is 0 Å². The normalized spacial score (nSPS) is 11.5. The van der Waals surface area contributed by atoms with Gasteiger partial charge in [0.1, 0.15) is 5.82 Å². The van der Waals surface area contributed by atoms with Gasteiger partial charge in [0.25, 0.3) is 5.91 Å². The lowest BCUT2D eigenvalue weighted by Gasteiger charge is -2.11. The Hall–Kier alpha value is -2.25. The molecule has 2 rings (SSSR count). The molecule has 0 radical (unpaired) electrons. The first kappa shape index (κ1) is 19.1. The minimum atomic E-state index is -3.66. The van der Waals surface area contributed by atoms with Crippen LogP contribution in [0.15, 0.2) is 53.4 Å². The number of amides is 1. The summed E-state index contributed by atoms with van der Waals surface area (Å²) in [6, 6.07) is 11.8. The summed E-state index contributed by atoms with van der Waals surface area (Å²) in [5.41, 5.74) is 1.03. The van der Waals surface area contributed by atoms with Crippen molar-refractivity contribution < 1.29 is 17.6 Å². The lowest BCUT2D eigenvalue weighted by Crippen LogP contribution is -2.30. The van der Waals surface area contributed by atoms with Crippen LogP contribution in [-0.4, -0.2) is 26.9 Å². The lowest BCUT2D eigenvalue weighted by atomic mass is 10.1. The molecule has 134 valence electrons. The smallest absolute Gasteiger partial charge is 0.251 e. The Balaban J connectivity index is 2.01. The van der Waals surface area contributed by atoms with Crippen LogP contribution in [-0.2, 0) is 16.4 Å². The van der Waals surface area contributed by atoms with Gasteiger partial charge in [-0.2, -0.15) is 0 Å². The molecule has 2 aromatic rings. The number of carbonyl (C=O) groups is 1. The highest BCUT2D eigenvalue weighted by atomic mass is 32.2. The van der Waals surface area contributed by atoms with E-state index in [0.29, 0.717) is 13.0 Å². The van der Waals surface area contributed by atoms with Gasteiger partial charge < -0.3 is 5.32 Å². The highest BCUT2D eigenvalue weighted by Gasteiger charge is 2.17. The molecular formula is C18H21FN2O3S. The maximum absolute atomic E-state index is 13.1. The Labute approximate surface area is 147 Å². The number of sulfonamides is 1. The van der Waals surface area contributed by atoms with E-state index in [2.05, 4.69) is 10.0 Å². The summed E-state index contributed by atoms with van der Waals surface area (Å²) < 4.78 is 39.9. The van der Waals surface area contributed by atoms with Crippen LogP contribution in [0.5, 0.6) is 0 Å². The van der Waals surface area contributed by atoms with Crippen LogP contribution >= 0.6 is 0 Å². The fourth-order valence-corrected chi connectivity index (χ4v) is 3.59. The minimum absolute atomic E-state index is 0.0407. The van der Waals surface area contributed by atoms with Gasteiger partial charge in [-0.25, -0.2) is 17.5 Å². The summed E-state index contributed by atoms with van der Waals surface area (Å²) in [6.07, 6.45) is 0.483. The van der Waals surface area contributed by atoms with E-state index in [-0.39, 0.29) is 28.2 Å². The highest BCUT2D eigenvalue weighted by Crippen LogP contribution is 2.12. The van der Waals surface area contributed by atoms with Crippen LogP contribution in [0.3, 0.4) is 0 Å². The molecule has 0 heterocycles. The van der Waals surface area contributed by atoms with Crippen molar-refractivity contribution in [3.05, 3.63) is 65.5 Å². The molecule has 0 aromatic heterocycles. The monoisotopic (exact) mass is 364 g/mol. The predicted molar refractivity (Wildman–Crippen MR) is 94.3 cm³/mol. The number of benzene rings is 2. The molecule has 7 heteroatoms. The first-order valence-corrected chi connectivity index (χ1v) is 9.41. The zero-order valence-corrected chi connectivity index (χ0v) is 14.9. The first-order valence-electron chi connectivity index (χ1n) is 7.93. The largest absolute Gasteiger partial charge is 0.352 e. The second-order valence-corrected chi connectivity index (χ2v) is 7.65. The average Bonchev–Trinajstić information content (AvgIpc) is 2.54. The van der Waals surface area contributed by atoms with Crippen LogP contribution in [0.4, 0.5) is 4.39 Å². The fourth-order valence-electron chi connectivity index (χ4n) is 2.30. The van der Waals surface area contributed by atoms with Crippen molar-refractivity contribution in [2.24, 2.45) is 0 Å². The van der Waals surface area contributed by atoms with Crippen molar-refractivity contribution in [3.63, 3.8) is 0 Å². The van der Waals surface area contributed by atoms with Gasteiger partial charge in [0, 0.05) is 18.2 Å². The minimum Gasteiger partial charge on any atom is -0.352 e. The molecule has 0 aliphatic heterocycles. The maximum atomic E-state index is 13.1. The molecule has 0 aliphatic rings. The molecule has 0 bridgehead atoms. The van der Waals surface area contributed by atoms with Crippen molar-refractivity contribution in [3.8, 4) is 0 Å². The second-order valence-electron chi connectivity index (χ2n) is 5.94. The molecule has 0 unspecified atom stereocenters. The van der Waals surface area contributed by atoms with E-state index in [1.807, 2.05) is 0 Å². The average molecular weight is 364 g/mol. The van der Waals surface area contributed by atoms with E-state index in [0.717, 1.165) is 5.56 Å². The van der Waals surface area contributed by atoms with Crippen molar-refractivity contribution in [1.82, 2.24) is 10.0 Å². The van der Waals surface area contributed by atoms with Crippen molar-refractivity contribution in [2.45, 2.75) is 31.2 Å². The number of hydrogen-bond acceptors (Lipinski definition) is 3. The fraction of sp³-hybridized carbons (Fsp3) is 0.278. The Kier molecular flexibility index (Phi) is 6.27. The molecule has 0 atom stereocenters. The third-order valence-electron chi connectivity index (χ3n) is 3.39. The van der Waals surface area contributed by atoms with E-state index in [9.17, 15) is 17.6 Å². The highest BCUT2D eigenvalue weighted by molar-refractivity contribution is 7.89. The van der Waals surface area contributed by atoms with Crippen LogP contribution in [0.2, 0.25) is 0 Å². The van der Waals surface area contributed by atoms with Gasteiger partial charge in [-0.3, -0.25) is 4.79 Å². The Morgan fingerprint density at radius 3 is 2.52 bits per heavy atom. The number of hydrogen-bond donors (Lipinski definition) is 2. The summed E-state index contributed by atoms with van der Waals surface area (Å²) in [5.74, 6) is -0.697. The Bertz CT molecular complexity index is 851. The van der Waals surface area contributed by atoms with E-state index in [4.69, 9.17) is 0 Å². The van der Waals surface area contributed by atoms with E-state index in [1.54, 1.807) is 32.0 Å². The van der Waals surface area contributed by atoms with E-state index < -0.39 is 10.0 Å². The maximum Gasteiger partial charge on any atom is 0.251 e. The topological polar surface area (TPSA) is 75.3 Å². The SMILES string of the molecule is CC(C)NS(=O)(=O)c1cccc(C(=O)NCCc2cccc(F)c2)c1. The summed E-state index contributed by atoms with van der Waals surface area (Å²) in [6.45, 7) is 3.77. The standard InChI is InChI=1S/C18H21FN2O3S/c1-13(2)21-25(23,24)17-8-4-6-15(12-17)18(22)20-10-9-14-5-3-7-16(19)11-14/h3-8,11-13,21H,9-10H2,1-2H3,(H,20,22). The number of halogens is 1. The summed E-state index contributed by atoms with van der Waals surface area (Å²) in [5, 5.41) is 2.71. The van der Waals surface area contributed by atoms with Gasteiger partial charge in [0.05, 0.1) is 4.90 Å². The molecule has 2 aromatic carbocycles. The Morgan fingerprint density at radius 2 is 1.84 bits per heavy atom. The molecule has 0 saturated carbocycles. The van der Waals surface area contributed by atoms with Gasteiger partial charge in [-0.1, -0.05) is 18.2 Å². The van der Waals surface area contributed by atoms with Crippen molar-refractivity contribution >= 4 is 15.9 Å². The van der Waals surface area contributed by atoms with Crippen molar-refractivity contribution in [1.29, 1.82) is 0 Å². The van der Waals surface area contributed by atoms with Gasteiger partial charge >= 0.3 is 0 Å². The summed E-state index contributed by atoms with van der Waals surface area (Å²) in [4.78, 5) is 12.2. The molecular weight excluding hydrogens is 343 g/mol. The molecule has 0 saturated heterocycles. The molecule has 0 aliphatic carbocycles. The van der Waals surface area contributed by atoms with Crippen LogP contribution in [0, 0.1) is 5.82 Å². The zero-order chi connectivity index (χ0) is 18.4. The van der Waals surface area contributed by atoms with E-state index in [1.165, 1.54) is 30.3 Å². The van der Waals surface area contributed by atoms with E-state index >= 15 is 0 Å². The second kappa shape index (κ2) is 8.22. The molecule has 0 fully saturated rings. The van der Waals surface area contributed by atoms with Gasteiger partial charge in [-0.05, 0) is 56.2 Å². The predicted octanol–water partition coefficient (Wildman–Crippen LogP) is 2.48. The van der Waals surface area contributed by atoms with Crippen LogP contribution in [0.25, 0.3) is 0 Å². The van der Waals surface area contributed by atoms with Gasteiger partial charge in [0.2, 0.25) is 10.0 Å². The molecule has 25 heavy (non-hydrogen) atoms. The summed E-state index contributed by atoms with van der Waals surface area (Å²) >= 11 is 0. The third kappa shape index (κ3) is 5.65. The summed E-state index contributed by atoms with van der Waals surface area (Å²) in [7, 11) is -3.66. The van der Waals surface area contributed by atoms with Gasteiger partial charge in [-0.15, -0.1) is 0 Å². The van der Waals surface area contributed by atoms with Crippen LogP contribution < -0.4 is 10.0 Å². The third-order valence-corrected chi connectivity index (χ3v) is 5.04. The molecule has 1 amide bonds. The first-order chi connectivity index (χ1) is 11.8.